The molecule has 0 spiro atoms. The number of nitrogens with two attached hydrogens (primary N) is 1. The molecule has 112 valence electrons. The molecule has 0 bridgehead atoms. The zero-order chi connectivity index (χ0) is 15.2. The Morgan fingerprint density at radius 1 is 1.40 bits per heavy atom. The van der Waals surface area contributed by atoms with Crippen LogP contribution >= 0.6 is 0 Å². The second kappa shape index (κ2) is 7.25. The number of benzene rings is 1. The molecule has 0 saturated heterocycles. The number of hydrogen-bond donors (Lipinski definition) is 2. The van der Waals surface area contributed by atoms with E-state index in [-0.39, 0.29) is 10.6 Å². The highest BCUT2D eigenvalue weighted by atomic mass is 32.2. The number of hydrogen-bond acceptors (Lipinski definition) is 5. The van der Waals surface area contributed by atoms with E-state index >= 15 is 0 Å². The van der Waals surface area contributed by atoms with Crippen LogP contribution in [0.15, 0.2) is 23.1 Å². The second-order valence-electron chi connectivity index (χ2n) is 4.44. The van der Waals surface area contributed by atoms with Gasteiger partial charge >= 0.3 is 0 Å². The monoisotopic (exact) mass is 300 g/mol. The molecule has 0 aliphatic rings. The molecule has 0 heterocycles. The van der Waals surface area contributed by atoms with Gasteiger partial charge in [-0.1, -0.05) is 12.1 Å². The van der Waals surface area contributed by atoms with Gasteiger partial charge in [0.1, 0.15) is 5.75 Å². The number of rotatable bonds is 7. The minimum absolute atomic E-state index is 0.00421. The number of amides is 1. The zero-order valence-corrected chi connectivity index (χ0v) is 12.5. The molecule has 0 aliphatic carbocycles. The number of aryl methyl sites for hydroxylation is 1. The number of nitrogens with one attached hydrogen (secondary N) is 1. The van der Waals surface area contributed by atoms with Crippen LogP contribution in [0, 0.1) is 6.92 Å². The van der Waals surface area contributed by atoms with Gasteiger partial charge in [-0.05, 0) is 25.0 Å². The van der Waals surface area contributed by atoms with E-state index in [0.29, 0.717) is 25.1 Å². The lowest BCUT2D eigenvalue weighted by molar-refractivity contribution is -0.118. The third kappa shape index (κ3) is 4.50. The van der Waals surface area contributed by atoms with Crippen molar-refractivity contribution in [2.45, 2.75) is 18.2 Å². The van der Waals surface area contributed by atoms with Gasteiger partial charge in [-0.25, -0.2) is 8.42 Å². The van der Waals surface area contributed by atoms with Crippen LogP contribution in [0.4, 0.5) is 5.69 Å². The molecule has 0 aromatic heterocycles. The number of anilines is 1. The molecule has 0 atom stereocenters. The highest BCUT2D eigenvalue weighted by Gasteiger charge is 2.22. The maximum absolute atomic E-state index is 12.1. The summed E-state index contributed by atoms with van der Waals surface area (Å²) in [5, 5.41) is 2.54. The van der Waals surface area contributed by atoms with Crippen LogP contribution in [0.25, 0.3) is 0 Å². The SMILES string of the molecule is COCCCNC(=O)CS(=O)(=O)c1cccc(C)c1N. The summed E-state index contributed by atoms with van der Waals surface area (Å²) < 4.78 is 29.1. The van der Waals surface area contributed by atoms with E-state index in [1.165, 1.54) is 6.07 Å². The number of carbonyl (C=O) groups excluding carboxylic acids is 1. The first-order valence-corrected chi connectivity index (χ1v) is 7.87. The van der Waals surface area contributed by atoms with E-state index in [9.17, 15) is 13.2 Å². The van der Waals surface area contributed by atoms with E-state index in [1.54, 1.807) is 26.2 Å². The Kier molecular flexibility index (Phi) is 5.97. The first-order valence-electron chi connectivity index (χ1n) is 6.22. The number of sulfone groups is 1. The van der Waals surface area contributed by atoms with Crippen molar-refractivity contribution in [3.63, 3.8) is 0 Å². The number of nitrogen functional groups attached to an aromatic ring is 1. The highest BCUT2D eigenvalue weighted by Crippen LogP contribution is 2.22. The van der Waals surface area contributed by atoms with Gasteiger partial charge in [0.05, 0.1) is 10.6 Å². The smallest absolute Gasteiger partial charge is 0.235 e. The van der Waals surface area contributed by atoms with Gasteiger partial charge in [-0.3, -0.25) is 4.79 Å². The fourth-order valence-electron chi connectivity index (χ4n) is 1.67. The molecule has 1 aromatic rings. The molecule has 0 fully saturated rings. The summed E-state index contributed by atoms with van der Waals surface area (Å²) >= 11 is 0. The number of carbonyl (C=O) groups is 1. The lowest BCUT2D eigenvalue weighted by atomic mass is 10.2. The van der Waals surface area contributed by atoms with Crippen LogP contribution in [0.2, 0.25) is 0 Å². The average Bonchev–Trinajstić information content (AvgIpc) is 2.37. The molecular formula is C13H20N2O4S. The summed E-state index contributed by atoms with van der Waals surface area (Å²) in [6.07, 6.45) is 0.634. The first kappa shape index (κ1) is 16.5. The predicted molar refractivity (Wildman–Crippen MR) is 77.1 cm³/mol. The largest absolute Gasteiger partial charge is 0.397 e. The molecule has 7 heteroatoms. The van der Waals surface area contributed by atoms with Crippen molar-refractivity contribution in [3.05, 3.63) is 23.8 Å². The molecule has 0 unspecified atom stereocenters. The summed E-state index contributed by atoms with van der Waals surface area (Å²) in [6, 6.07) is 4.74. The molecule has 6 nitrogen and oxygen atoms in total. The third-order valence-electron chi connectivity index (χ3n) is 2.79. The van der Waals surface area contributed by atoms with Crippen molar-refractivity contribution in [1.82, 2.24) is 5.32 Å². The molecular weight excluding hydrogens is 280 g/mol. The van der Waals surface area contributed by atoms with Gasteiger partial charge in [0.25, 0.3) is 0 Å². The molecule has 0 radical (unpaired) electrons. The van der Waals surface area contributed by atoms with Crippen molar-refractivity contribution in [1.29, 1.82) is 0 Å². The van der Waals surface area contributed by atoms with Gasteiger partial charge in [0, 0.05) is 20.3 Å². The summed E-state index contributed by atoms with van der Waals surface area (Å²) in [6.45, 7) is 2.61. The molecule has 1 amide bonds. The molecule has 3 N–H and O–H groups in total. The lowest BCUT2D eigenvalue weighted by Gasteiger charge is -2.09. The number of para-hydroxylation sites is 1. The predicted octanol–water partition coefficient (Wildman–Crippen LogP) is 0.504. The molecule has 0 aliphatic heterocycles. The van der Waals surface area contributed by atoms with Crippen LogP contribution in [-0.2, 0) is 19.4 Å². The van der Waals surface area contributed by atoms with Crippen molar-refractivity contribution in [2.24, 2.45) is 0 Å². The Morgan fingerprint density at radius 3 is 2.75 bits per heavy atom. The van der Waals surface area contributed by atoms with Gasteiger partial charge in [0.2, 0.25) is 5.91 Å². The molecule has 0 saturated carbocycles. The van der Waals surface area contributed by atoms with Crippen molar-refractivity contribution >= 4 is 21.4 Å². The zero-order valence-electron chi connectivity index (χ0n) is 11.7. The summed E-state index contributed by atoms with van der Waals surface area (Å²) in [5.41, 5.74) is 6.62. The molecule has 20 heavy (non-hydrogen) atoms. The Hall–Kier alpha value is -1.60. The number of methoxy groups -OCH3 is 1. The van der Waals surface area contributed by atoms with E-state index < -0.39 is 21.5 Å². The quantitative estimate of drug-likeness (QED) is 0.564. The topological polar surface area (TPSA) is 98.5 Å². The minimum Gasteiger partial charge on any atom is -0.397 e. The lowest BCUT2D eigenvalue weighted by Crippen LogP contribution is -2.31. The second-order valence-corrected chi connectivity index (χ2v) is 6.40. The van der Waals surface area contributed by atoms with Gasteiger partial charge in [-0.15, -0.1) is 0 Å². The van der Waals surface area contributed by atoms with Crippen LogP contribution in [-0.4, -0.2) is 40.3 Å². The Balaban J connectivity index is 2.70. The Bertz CT molecular complexity index is 570. The maximum Gasteiger partial charge on any atom is 0.235 e. The van der Waals surface area contributed by atoms with Crippen molar-refractivity contribution < 1.29 is 17.9 Å². The van der Waals surface area contributed by atoms with E-state index in [2.05, 4.69) is 5.32 Å². The van der Waals surface area contributed by atoms with E-state index in [1.807, 2.05) is 0 Å². The standard InChI is InChI=1S/C13H20N2O4S/c1-10-5-3-6-11(13(10)14)20(17,18)9-12(16)15-7-4-8-19-2/h3,5-6H,4,7-9,14H2,1-2H3,(H,15,16). The normalized spacial score (nSPS) is 11.3. The van der Waals surface area contributed by atoms with Gasteiger partial charge in [-0.2, -0.15) is 0 Å². The van der Waals surface area contributed by atoms with E-state index in [0.717, 1.165) is 0 Å². The Morgan fingerprint density at radius 2 is 2.10 bits per heavy atom. The fraction of sp³-hybridized carbons (Fsp3) is 0.462. The fourth-order valence-corrected chi connectivity index (χ4v) is 3.06. The van der Waals surface area contributed by atoms with Crippen LogP contribution in [0.1, 0.15) is 12.0 Å². The summed E-state index contributed by atoms with van der Waals surface area (Å²) in [5.74, 6) is -1.14. The minimum atomic E-state index is -3.72. The van der Waals surface area contributed by atoms with Crippen molar-refractivity contribution in [3.8, 4) is 0 Å². The van der Waals surface area contributed by atoms with E-state index in [4.69, 9.17) is 10.5 Å². The third-order valence-corrected chi connectivity index (χ3v) is 4.46. The summed E-state index contributed by atoms with van der Waals surface area (Å²) in [7, 11) is -2.16. The highest BCUT2D eigenvalue weighted by molar-refractivity contribution is 7.92. The van der Waals surface area contributed by atoms with Crippen LogP contribution in [0.3, 0.4) is 0 Å². The number of ether oxygens (including phenoxy) is 1. The molecule has 1 aromatic carbocycles. The Labute approximate surface area is 119 Å². The van der Waals surface area contributed by atoms with Crippen LogP contribution in [0.5, 0.6) is 0 Å². The van der Waals surface area contributed by atoms with Crippen LogP contribution < -0.4 is 11.1 Å². The van der Waals surface area contributed by atoms with Crippen molar-refractivity contribution in [2.75, 3.05) is 31.7 Å². The van der Waals surface area contributed by atoms with Gasteiger partial charge < -0.3 is 15.8 Å². The average molecular weight is 300 g/mol. The maximum atomic E-state index is 12.1. The summed E-state index contributed by atoms with van der Waals surface area (Å²) in [4.78, 5) is 11.6. The molecule has 1 rings (SSSR count). The first-order chi connectivity index (χ1) is 9.38. The van der Waals surface area contributed by atoms with Gasteiger partial charge in [0.15, 0.2) is 9.84 Å².